The predicted octanol–water partition coefficient (Wildman–Crippen LogP) is 2.23. The molecule has 1 aromatic heterocycles. The Morgan fingerprint density at radius 1 is 1.36 bits per heavy atom. The van der Waals surface area contributed by atoms with E-state index in [1.54, 1.807) is 11.1 Å². The topological polar surface area (TPSA) is 53.4 Å². The van der Waals surface area contributed by atoms with E-state index < -0.39 is 0 Å². The van der Waals surface area contributed by atoms with Crippen LogP contribution >= 0.6 is 0 Å². The second-order valence-electron chi connectivity index (χ2n) is 6.82. The number of nitrogens with one attached hydrogen (secondary N) is 1. The van der Waals surface area contributed by atoms with Crippen LogP contribution in [-0.2, 0) is 20.1 Å². The van der Waals surface area contributed by atoms with Gasteiger partial charge >= 0.3 is 6.03 Å². The number of amides is 2. The lowest BCUT2D eigenvalue weighted by molar-refractivity contribution is 0.166. The number of benzene rings is 1. The van der Waals surface area contributed by atoms with Crippen LogP contribution in [0.1, 0.15) is 24.2 Å². The Labute approximate surface area is 149 Å². The highest BCUT2D eigenvalue weighted by atomic mass is 16.2. The Hall–Kier alpha value is -2.34. The molecule has 6 heteroatoms. The van der Waals surface area contributed by atoms with Gasteiger partial charge in [0.05, 0.1) is 6.54 Å². The smallest absolute Gasteiger partial charge is 0.317 e. The SMILES string of the molecule is CN(Cc1nccn1C)C(=O)NC1CCCN(Cc2ccccc2)C1. The summed E-state index contributed by atoms with van der Waals surface area (Å²) in [6.07, 6.45) is 5.79. The molecule has 0 aliphatic carbocycles. The first-order valence-electron chi connectivity index (χ1n) is 8.86. The fourth-order valence-electron chi connectivity index (χ4n) is 3.28. The number of hydrogen-bond acceptors (Lipinski definition) is 3. The van der Waals surface area contributed by atoms with Crippen LogP contribution in [0.5, 0.6) is 0 Å². The van der Waals surface area contributed by atoms with Crippen LogP contribution < -0.4 is 5.32 Å². The van der Waals surface area contributed by atoms with Gasteiger partial charge in [-0.05, 0) is 24.9 Å². The Kier molecular flexibility index (Phi) is 5.71. The molecule has 1 saturated heterocycles. The molecule has 3 rings (SSSR count). The summed E-state index contributed by atoms with van der Waals surface area (Å²) in [6.45, 7) is 3.44. The normalized spacial score (nSPS) is 18.1. The number of rotatable bonds is 5. The molecule has 1 aliphatic heterocycles. The van der Waals surface area contributed by atoms with E-state index in [0.717, 1.165) is 38.3 Å². The summed E-state index contributed by atoms with van der Waals surface area (Å²) in [5.41, 5.74) is 1.32. The summed E-state index contributed by atoms with van der Waals surface area (Å²) >= 11 is 0. The van der Waals surface area contributed by atoms with Crippen LogP contribution in [0.4, 0.5) is 4.79 Å². The van der Waals surface area contributed by atoms with Crippen molar-refractivity contribution in [2.45, 2.75) is 32.0 Å². The summed E-state index contributed by atoms with van der Waals surface area (Å²) in [6, 6.07) is 10.7. The zero-order valence-corrected chi connectivity index (χ0v) is 15.1. The van der Waals surface area contributed by atoms with Crippen LogP contribution in [0.3, 0.4) is 0 Å². The van der Waals surface area contributed by atoms with Crippen molar-refractivity contribution in [2.75, 3.05) is 20.1 Å². The van der Waals surface area contributed by atoms with Crippen molar-refractivity contribution in [3.63, 3.8) is 0 Å². The second kappa shape index (κ2) is 8.16. The van der Waals surface area contributed by atoms with Crippen molar-refractivity contribution in [1.29, 1.82) is 0 Å². The van der Waals surface area contributed by atoms with E-state index in [9.17, 15) is 4.79 Å². The van der Waals surface area contributed by atoms with Gasteiger partial charge in [-0.25, -0.2) is 9.78 Å². The van der Waals surface area contributed by atoms with Gasteiger partial charge in [-0.2, -0.15) is 0 Å². The molecule has 25 heavy (non-hydrogen) atoms. The van der Waals surface area contributed by atoms with Gasteiger partial charge in [-0.15, -0.1) is 0 Å². The Bertz CT molecular complexity index is 684. The van der Waals surface area contributed by atoms with Gasteiger partial charge in [0.15, 0.2) is 0 Å². The third-order valence-corrected chi connectivity index (χ3v) is 4.73. The van der Waals surface area contributed by atoms with Gasteiger partial charge in [0.1, 0.15) is 5.82 Å². The van der Waals surface area contributed by atoms with E-state index in [1.807, 2.05) is 30.9 Å². The molecule has 1 aliphatic rings. The van der Waals surface area contributed by atoms with Crippen molar-refractivity contribution in [3.05, 3.63) is 54.1 Å². The van der Waals surface area contributed by atoms with Gasteiger partial charge < -0.3 is 14.8 Å². The predicted molar refractivity (Wildman–Crippen MR) is 97.9 cm³/mol. The molecule has 1 aromatic carbocycles. The lowest BCUT2D eigenvalue weighted by Gasteiger charge is -2.34. The molecular weight excluding hydrogens is 314 g/mol. The van der Waals surface area contributed by atoms with Crippen LogP contribution in [0.2, 0.25) is 0 Å². The van der Waals surface area contributed by atoms with E-state index >= 15 is 0 Å². The average molecular weight is 341 g/mol. The number of aromatic nitrogens is 2. The lowest BCUT2D eigenvalue weighted by Crippen LogP contribution is -2.50. The van der Waals surface area contributed by atoms with Crippen molar-refractivity contribution in [3.8, 4) is 0 Å². The Morgan fingerprint density at radius 3 is 2.88 bits per heavy atom. The minimum Gasteiger partial charge on any atom is -0.337 e. The highest BCUT2D eigenvalue weighted by Crippen LogP contribution is 2.14. The average Bonchev–Trinajstić information content (AvgIpc) is 3.01. The number of carbonyl (C=O) groups is 1. The zero-order chi connectivity index (χ0) is 17.6. The number of hydrogen-bond donors (Lipinski definition) is 1. The van der Waals surface area contributed by atoms with Gasteiger partial charge in [-0.1, -0.05) is 30.3 Å². The fraction of sp³-hybridized carbons (Fsp3) is 0.474. The van der Waals surface area contributed by atoms with Crippen LogP contribution in [0, 0.1) is 0 Å². The number of nitrogens with zero attached hydrogens (tertiary/aromatic N) is 4. The summed E-state index contributed by atoms with van der Waals surface area (Å²) in [5, 5.41) is 3.17. The summed E-state index contributed by atoms with van der Waals surface area (Å²) in [5.74, 6) is 0.881. The fourth-order valence-corrected chi connectivity index (χ4v) is 3.28. The molecule has 2 aromatic rings. The molecular formula is C19H27N5O. The molecule has 2 amide bonds. The summed E-state index contributed by atoms with van der Waals surface area (Å²) < 4.78 is 1.94. The van der Waals surface area contributed by atoms with Crippen LogP contribution in [0.25, 0.3) is 0 Å². The first kappa shape index (κ1) is 17.5. The number of carbonyl (C=O) groups excluding carboxylic acids is 1. The number of aryl methyl sites for hydroxylation is 1. The van der Waals surface area contributed by atoms with Crippen molar-refractivity contribution in [2.24, 2.45) is 7.05 Å². The van der Waals surface area contributed by atoms with Gasteiger partial charge in [0.2, 0.25) is 0 Å². The highest BCUT2D eigenvalue weighted by Gasteiger charge is 2.23. The van der Waals surface area contributed by atoms with Crippen LogP contribution in [-0.4, -0.2) is 51.6 Å². The lowest BCUT2D eigenvalue weighted by atomic mass is 10.0. The number of likely N-dealkylation sites (tertiary alicyclic amines) is 1. The van der Waals surface area contributed by atoms with Gasteiger partial charge in [0.25, 0.3) is 0 Å². The second-order valence-corrected chi connectivity index (χ2v) is 6.82. The molecule has 0 spiro atoms. The quantitative estimate of drug-likeness (QED) is 0.907. The highest BCUT2D eigenvalue weighted by molar-refractivity contribution is 5.74. The summed E-state index contributed by atoms with van der Waals surface area (Å²) in [7, 11) is 3.76. The maximum Gasteiger partial charge on any atom is 0.317 e. The zero-order valence-electron chi connectivity index (χ0n) is 15.1. The maximum absolute atomic E-state index is 12.5. The van der Waals surface area contributed by atoms with Crippen molar-refractivity contribution in [1.82, 2.24) is 24.7 Å². The monoisotopic (exact) mass is 341 g/mol. The third kappa shape index (κ3) is 4.82. The molecule has 2 heterocycles. The molecule has 1 fully saturated rings. The largest absolute Gasteiger partial charge is 0.337 e. The first-order chi connectivity index (χ1) is 12.1. The van der Waals surface area contributed by atoms with E-state index in [-0.39, 0.29) is 12.1 Å². The maximum atomic E-state index is 12.5. The molecule has 0 radical (unpaired) electrons. The van der Waals surface area contributed by atoms with E-state index in [1.165, 1.54) is 5.56 Å². The van der Waals surface area contributed by atoms with Crippen molar-refractivity contribution < 1.29 is 4.79 Å². The first-order valence-corrected chi connectivity index (χ1v) is 8.86. The molecule has 134 valence electrons. The number of imidazole rings is 1. The molecule has 0 saturated carbocycles. The van der Waals surface area contributed by atoms with Crippen molar-refractivity contribution >= 4 is 6.03 Å². The summed E-state index contributed by atoms with van der Waals surface area (Å²) in [4.78, 5) is 20.9. The minimum atomic E-state index is -0.0328. The molecule has 0 bridgehead atoms. The van der Waals surface area contributed by atoms with Crippen LogP contribution in [0.15, 0.2) is 42.7 Å². The third-order valence-electron chi connectivity index (χ3n) is 4.73. The van der Waals surface area contributed by atoms with E-state index in [0.29, 0.717) is 6.54 Å². The Balaban J connectivity index is 1.50. The minimum absolute atomic E-state index is 0.0328. The van der Waals surface area contributed by atoms with E-state index in [2.05, 4.69) is 39.5 Å². The standard InChI is InChI=1S/C19H27N5O/c1-22-12-10-20-18(22)15-23(2)19(25)21-17-9-6-11-24(14-17)13-16-7-4-3-5-8-16/h3-5,7-8,10,12,17H,6,9,11,13-15H2,1-2H3,(H,21,25). The molecule has 1 N–H and O–H groups in total. The van der Waals surface area contributed by atoms with Gasteiger partial charge in [-0.3, -0.25) is 4.90 Å². The number of urea groups is 1. The molecule has 1 atom stereocenters. The number of piperidine rings is 1. The molecule has 6 nitrogen and oxygen atoms in total. The Morgan fingerprint density at radius 2 is 2.16 bits per heavy atom. The molecule has 1 unspecified atom stereocenters. The van der Waals surface area contributed by atoms with Gasteiger partial charge in [0, 0.05) is 45.6 Å². The van der Waals surface area contributed by atoms with E-state index in [4.69, 9.17) is 0 Å².